The van der Waals surface area contributed by atoms with Gasteiger partial charge in [0.15, 0.2) is 0 Å². The number of sulfonamides is 1. The van der Waals surface area contributed by atoms with Gasteiger partial charge in [0.1, 0.15) is 5.69 Å². The maximum Gasteiger partial charge on any atom is 0.322 e. The fraction of sp³-hybridized carbons (Fsp3) is 0.400. The second-order valence-corrected chi connectivity index (χ2v) is 8.97. The molecule has 0 aliphatic rings. The predicted octanol–water partition coefficient (Wildman–Crippen LogP) is 2.84. The van der Waals surface area contributed by atoms with E-state index in [9.17, 15) is 13.2 Å². The van der Waals surface area contributed by atoms with Crippen LogP contribution in [0.5, 0.6) is 0 Å². The number of rotatable bonds is 9. The van der Waals surface area contributed by atoms with Crippen LogP contribution in [0.25, 0.3) is 11.6 Å². The number of hydrogen-bond acceptors (Lipinski definition) is 7. The topological polar surface area (TPSA) is 123 Å². The molecular weight excluding hydrogens is 420 g/mol. The quantitative estimate of drug-likeness (QED) is 0.536. The van der Waals surface area contributed by atoms with Crippen LogP contribution in [0.1, 0.15) is 42.7 Å². The first-order valence-corrected chi connectivity index (χ1v) is 11.5. The minimum absolute atomic E-state index is 0.0627. The molecule has 0 fully saturated rings. The number of hydrogen-bond donors (Lipinski definition) is 1. The molecule has 31 heavy (non-hydrogen) atoms. The number of unbranched alkanes of at least 4 members (excludes halogenated alkanes) is 1. The highest BCUT2D eigenvalue weighted by Gasteiger charge is 2.23. The van der Waals surface area contributed by atoms with Crippen molar-refractivity contribution in [3.8, 4) is 11.6 Å². The number of carbonyl (C=O) groups excluding carboxylic acids is 1. The Morgan fingerprint density at radius 3 is 2.48 bits per heavy atom. The Hall–Kier alpha value is -3.05. The van der Waals surface area contributed by atoms with Crippen molar-refractivity contribution in [2.24, 2.45) is 7.05 Å². The average molecular weight is 447 g/mol. The zero-order valence-electron chi connectivity index (χ0n) is 18.0. The number of aryl methyl sites for hydroxylation is 2. The second kappa shape index (κ2) is 9.40. The van der Waals surface area contributed by atoms with E-state index in [1.54, 1.807) is 24.7 Å². The lowest BCUT2D eigenvalue weighted by atomic mass is 10.2. The van der Waals surface area contributed by atoms with Crippen LogP contribution < -0.4 is 5.32 Å². The lowest BCUT2D eigenvalue weighted by Gasteiger charge is -2.20. The largest absolute Gasteiger partial charge is 0.401 e. The van der Waals surface area contributed by atoms with Crippen molar-refractivity contribution in [1.82, 2.24) is 24.3 Å². The zero-order valence-corrected chi connectivity index (χ0v) is 18.8. The van der Waals surface area contributed by atoms with Gasteiger partial charge in [0.25, 0.3) is 11.8 Å². The molecule has 166 valence electrons. The van der Waals surface area contributed by atoms with Gasteiger partial charge in [-0.25, -0.2) is 8.42 Å². The molecule has 1 amide bonds. The van der Waals surface area contributed by atoms with E-state index in [1.807, 2.05) is 13.8 Å². The Balaban J connectivity index is 1.72. The molecule has 0 spiro atoms. The summed E-state index contributed by atoms with van der Waals surface area (Å²) in [5, 5.41) is 14.5. The first kappa shape index (κ1) is 22.6. The summed E-state index contributed by atoms with van der Waals surface area (Å²) in [6.45, 7) is 6.52. The lowest BCUT2D eigenvalue weighted by molar-refractivity contribution is 0.102. The van der Waals surface area contributed by atoms with Crippen molar-refractivity contribution in [1.29, 1.82) is 0 Å². The molecule has 0 saturated carbocycles. The molecule has 0 radical (unpaired) electrons. The summed E-state index contributed by atoms with van der Waals surface area (Å²) in [6, 6.07) is 7.49. The van der Waals surface area contributed by atoms with Gasteiger partial charge in [-0.2, -0.15) is 9.40 Å². The fourth-order valence-electron chi connectivity index (χ4n) is 3.07. The first-order chi connectivity index (χ1) is 14.8. The zero-order chi connectivity index (χ0) is 22.6. The van der Waals surface area contributed by atoms with Crippen LogP contribution in [-0.2, 0) is 17.1 Å². The molecule has 2 heterocycles. The second-order valence-electron chi connectivity index (χ2n) is 7.04. The van der Waals surface area contributed by atoms with E-state index in [0.717, 1.165) is 18.5 Å². The predicted molar refractivity (Wildman–Crippen MR) is 115 cm³/mol. The third kappa shape index (κ3) is 5.00. The van der Waals surface area contributed by atoms with E-state index in [-0.39, 0.29) is 22.4 Å². The van der Waals surface area contributed by atoms with E-state index in [1.165, 1.54) is 28.6 Å². The van der Waals surface area contributed by atoms with Gasteiger partial charge >= 0.3 is 6.01 Å². The Bertz CT molecular complexity index is 1150. The normalized spacial score (nSPS) is 11.8. The van der Waals surface area contributed by atoms with Crippen LogP contribution in [0.4, 0.5) is 6.01 Å². The number of carbonyl (C=O) groups is 1. The molecule has 0 unspecified atom stereocenters. The summed E-state index contributed by atoms with van der Waals surface area (Å²) < 4.78 is 34.1. The van der Waals surface area contributed by atoms with Crippen LogP contribution in [-0.4, -0.2) is 51.7 Å². The molecule has 1 aromatic carbocycles. The SMILES string of the molecule is CCCCN(CC)S(=O)(=O)c1ccc(C(=O)Nc2nnc(-c3cc(C)nn3C)o2)cc1. The van der Waals surface area contributed by atoms with Crippen LogP contribution in [0.15, 0.2) is 39.6 Å². The van der Waals surface area contributed by atoms with Gasteiger partial charge in [-0.15, -0.1) is 5.10 Å². The highest BCUT2D eigenvalue weighted by Crippen LogP contribution is 2.21. The smallest absolute Gasteiger partial charge is 0.322 e. The molecule has 11 heteroatoms. The van der Waals surface area contributed by atoms with E-state index >= 15 is 0 Å². The van der Waals surface area contributed by atoms with E-state index in [2.05, 4.69) is 20.6 Å². The number of anilines is 1. The summed E-state index contributed by atoms with van der Waals surface area (Å²) in [5.74, 6) is -0.259. The van der Waals surface area contributed by atoms with E-state index in [0.29, 0.717) is 18.8 Å². The maximum atomic E-state index is 12.8. The minimum Gasteiger partial charge on any atom is -0.401 e. The van der Waals surface area contributed by atoms with Gasteiger partial charge in [-0.3, -0.25) is 14.8 Å². The number of aromatic nitrogens is 4. The summed E-state index contributed by atoms with van der Waals surface area (Å²) in [6.07, 6.45) is 1.70. The Morgan fingerprint density at radius 1 is 1.19 bits per heavy atom. The number of nitrogens with one attached hydrogen (secondary N) is 1. The van der Waals surface area contributed by atoms with Crippen molar-refractivity contribution >= 4 is 21.9 Å². The van der Waals surface area contributed by atoms with Crippen molar-refractivity contribution < 1.29 is 17.6 Å². The van der Waals surface area contributed by atoms with Gasteiger partial charge in [0.2, 0.25) is 10.0 Å². The Labute approximate surface area is 181 Å². The molecular formula is C20H26N6O4S. The van der Waals surface area contributed by atoms with Crippen molar-refractivity contribution in [2.75, 3.05) is 18.4 Å². The molecule has 10 nitrogen and oxygen atoms in total. The highest BCUT2D eigenvalue weighted by atomic mass is 32.2. The molecule has 0 bridgehead atoms. The molecule has 0 saturated heterocycles. The first-order valence-electron chi connectivity index (χ1n) is 10.0. The Morgan fingerprint density at radius 2 is 1.90 bits per heavy atom. The number of nitrogens with zero attached hydrogens (tertiary/aromatic N) is 5. The van der Waals surface area contributed by atoms with Crippen molar-refractivity contribution in [3.63, 3.8) is 0 Å². The molecule has 2 aromatic heterocycles. The highest BCUT2D eigenvalue weighted by molar-refractivity contribution is 7.89. The standard InChI is InChI=1S/C20H26N6O4S/c1-5-7-12-26(6-2)31(28,29)16-10-8-15(9-11-16)18(27)21-20-23-22-19(30-20)17-13-14(3)24-25(17)4/h8-11,13H,5-7,12H2,1-4H3,(H,21,23,27). The number of benzene rings is 1. The van der Waals surface area contributed by atoms with Gasteiger partial charge in [-0.05, 0) is 43.7 Å². The van der Waals surface area contributed by atoms with Crippen LogP contribution in [0, 0.1) is 6.92 Å². The summed E-state index contributed by atoms with van der Waals surface area (Å²) in [5.41, 5.74) is 1.70. The third-order valence-electron chi connectivity index (χ3n) is 4.73. The van der Waals surface area contributed by atoms with Gasteiger partial charge in [-0.1, -0.05) is 25.4 Å². The van der Waals surface area contributed by atoms with E-state index < -0.39 is 15.9 Å². The minimum atomic E-state index is -3.60. The third-order valence-corrected chi connectivity index (χ3v) is 6.72. The van der Waals surface area contributed by atoms with Crippen molar-refractivity contribution in [3.05, 3.63) is 41.6 Å². The molecule has 1 N–H and O–H groups in total. The van der Waals surface area contributed by atoms with Crippen LogP contribution in [0.3, 0.4) is 0 Å². The van der Waals surface area contributed by atoms with Gasteiger partial charge < -0.3 is 4.42 Å². The number of amides is 1. The van der Waals surface area contributed by atoms with E-state index in [4.69, 9.17) is 4.42 Å². The summed E-state index contributed by atoms with van der Waals surface area (Å²) >= 11 is 0. The fourth-order valence-corrected chi connectivity index (χ4v) is 4.55. The summed E-state index contributed by atoms with van der Waals surface area (Å²) in [7, 11) is -1.85. The van der Waals surface area contributed by atoms with Crippen LogP contribution in [0.2, 0.25) is 0 Å². The monoisotopic (exact) mass is 446 g/mol. The van der Waals surface area contributed by atoms with Gasteiger partial charge in [0, 0.05) is 25.7 Å². The molecule has 0 aliphatic heterocycles. The lowest BCUT2D eigenvalue weighted by Crippen LogP contribution is -2.31. The molecule has 3 rings (SSSR count). The van der Waals surface area contributed by atoms with Crippen molar-refractivity contribution in [2.45, 2.75) is 38.5 Å². The average Bonchev–Trinajstić information content (AvgIpc) is 3.33. The van der Waals surface area contributed by atoms with Gasteiger partial charge in [0.05, 0.1) is 10.6 Å². The maximum absolute atomic E-state index is 12.8. The molecule has 3 aromatic rings. The Kier molecular flexibility index (Phi) is 6.86. The summed E-state index contributed by atoms with van der Waals surface area (Å²) in [4.78, 5) is 12.7. The molecule has 0 aliphatic carbocycles. The molecule has 0 atom stereocenters. The van der Waals surface area contributed by atoms with Crippen LogP contribution >= 0.6 is 0 Å².